The van der Waals surface area contributed by atoms with Gasteiger partial charge in [-0.15, -0.1) is 0 Å². The third kappa shape index (κ3) is 5.97. The molecule has 0 radical (unpaired) electrons. The van der Waals surface area contributed by atoms with Crippen LogP contribution in [0.15, 0.2) is 42.5 Å². The van der Waals surface area contributed by atoms with Gasteiger partial charge < -0.3 is 19.5 Å². The molecule has 0 spiro atoms. The predicted octanol–water partition coefficient (Wildman–Crippen LogP) is 2.26. The second kappa shape index (κ2) is 9.91. The van der Waals surface area contributed by atoms with Crippen molar-refractivity contribution in [2.24, 2.45) is 0 Å². The Morgan fingerprint density at radius 1 is 1.14 bits per heavy atom. The molecule has 0 saturated carbocycles. The summed E-state index contributed by atoms with van der Waals surface area (Å²) in [6, 6.07) is 11.2. The molecule has 0 saturated heterocycles. The average molecular weight is 388 g/mol. The summed E-state index contributed by atoms with van der Waals surface area (Å²) in [7, 11) is 1.29. The lowest BCUT2D eigenvalue weighted by Crippen LogP contribution is -2.31. The first kappa shape index (κ1) is 20.7. The number of nitrogens with zero attached hydrogens (tertiary/aromatic N) is 1. The van der Waals surface area contributed by atoms with Crippen molar-refractivity contribution in [1.29, 1.82) is 0 Å². The summed E-state index contributed by atoms with van der Waals surface area (Å²) in [5.74, 6) is -0.581. The molecule has 1 amide bonds. The van der Waals surface area contributed by atoms with Crippen molar-refractivity contribution >= 4 is 17.6 Å². The van der Waals surface area contributed by atoms with E-state index in [2.05, 4.69) is 5.32 Å². The van der Waals surface area contributed by atoms with E-state index in [1.54, 1.807) is 6.07 Å². The molecule has 2 rings (SSSR count). The van der Waals surface area contributed by atoms with Crippen LogP contribution in [0.25, 0.3) is 0 Å². The molecule has 2 aromatic rings. The number of aryl methyl sites for hydroxylation is 1. The highest BCUT2D eigenvalue weighted by Crippen LogP contribution is 2.27. The lowest BCUT2D eigenvalue weighted by Gasteiger charge is -2.09. The Kier molecular flexibility index (Phi) is 7.32. The molecule has 0 aliphatic carbocycles. The lowest BCUT2D eigenvalue weighted by molar-refractivity contribution is -0.385. The van der Waals surface area contributed by atoms with Gasteiger partial charge in [0.05, 0.1) is 12.0 Å². The fraction of sp³-hybridized carbons (Fsp3) is 0.263. The SMILES string of the molecule is COc1ccc(C(=O)NCC(=O)OCCOc2cccc(C)c2)cc1[N+](=O)[O-]. The molecular formula is C19H20N2O7. The highest BCUT2D eigenvalue weighted by molar-refractivity contribution is 5.96. The Labute approximate surface area is 161 Å². The fourth-order valence-electron chi connectivity index (χ4n) is 2.30. The largest absolute Gasteiger partial charge is 0.490 e. The average Bonchev–Trinajstić information content (AvgIpc) is 2.68. The number of benzene rings is 2. The van der Waals surface area contributed by atoms with Gasteiger partial charge in [-0.2, -0.15) is 0 Å². The number of hydrogen-bond acceptors (Lipinski definition) is 7. The number of amides is 1. The molecule has 0 aliphatic rings. The number of nitrogens with one attached hydrogen (secondary N) is 1. The van der Waals surface area contributed by atoms with E-state index in [0.29, 0.717) is 5.75 Å². The van der Waals surface area contributed by atoms with Gasteiger partial charge in [0.15, 0.2) is 5.75 Å². The van der Waals surface area contributed by atoms with Crippen LogP contribution >= 0.6 is 0 Å². The maximum Gasteiger partial charge on any atom is 0.325 e. The molecule has 0 unspecified atom stereocenters. The van der Waals surface area contributed by atoms with E-state index in [-0.39, 0.29) is 36.8 Å². The monoisotopic (exact) mass is 388 g/mol. The van der Waals surface area contributed by atoms with E-state index in [9.17, 15) is 19.7 Å². The minimum atomic E-state index is -0.655. The summed E-state index contributed by atoms with van der Waals surface area (Å²) in [5.41, 5.74) is 0.741. The highest BCUT2D eigenvalue weighted by Gasteiger charge is 2.18. The molecular weight excluding hydrogens is 368 g/mol. The van der Waals surface area contributed by atoms with Gasteiger partial charge in [-0.25, -0.2) is 0 Å². The zero-order valence-corrected chi connectivity index (χ0v) is 15.5. The van der Waals surface area contributed by atoms with Crippen LogP contribution in [0.3, 0.4) is 0 Å². The number of nitro groups is 1. The Morgan fingerprint density at radius 3 is 2.61 bits per heavy atom. The van der Waals surface area contributed by atoms with Crippen LogP contribution in [0.4, 0.5) is 5.69 Å². The van der Waals surface area contributed by atoms with Crippen LogP contribution in [0.2, 0.25) is 0 Å². The zero-order valence-electron chi connectivity index (χ0n) is 15.5. The Hall–Kier alpha value is -3.62. The van der Waals surface area contributed by atoms with Crippen molar-refractivity contribution in [2.75, 3.05) is 26.9 Å². The summed E-state index contributed by atoms with van der Waals surface area (Å²) in [5, 5.41) is 13.3. The van der Waals surface area contributed by atoms with Gasteiger partial charge in [-0.1, -0.05) is 12.1 Å². The molecule has 9 heteroatoms. The Bertz CT molecular complexity index is 867. The van der Waals surface area contributed by atoms with E-state index >= 15 is 0 Å². The van der Waals surface area contributed by atoms with Crippen LogP contribution < -0.4 is 14.8 Å². The number of nitro benzene ring substituents is 1. The van der Waals surface area contributed by atoms with Gasteiger partial charge in [-0.05, 0) is 36.8 Å². The molecule has 148 valence electrons. The molecule has 28 heavy (non-hydrogen) atoms. The van der Waals surface area contributed by atoms with Gasteiger partial charge in [0, 0.05) is 11.6 Å². The second-order valence-electron chi connectivity index (χ2n) is 5.71. The quantitative estimate of drug-likeness (QED) is 0.303. The first-order valence-electron chi connectivity index (χ1n) is 8.36. The van der Waals surface area contributed by atoms with E-state index in [1.807, 2.05) is 25.1 Å². The number of ether oxygens (including phenoxy) is 3. The number of esters is 1. The number of rotatable bonds is 9. The van der Waals surface area contributed by atoms with Crippen LogP contribution in [-0.2, 0) is 9.53 Å². The minimum absolute atomic E-state index is 0.0245. The first-order valence-corrected chi connectivity index (χ1v) is 8.36. The molecule has 0 aliphatic heterocycles. The van der Waals surface area contributed by atoms with E-state index in [1.165, 1.54) is 19.2 Å². The van der Waals surface area contributed by atoms with Crippen LogP contribution in [0, 0.1) is 17.0 Å². The van der Waals surface area contributed by atoms with Crippen molar-refractivity contribution in [3.63, 3.8) is 0 Å². The third-order valence-electron chi connectivity index (χ3n) is 3.64. The number of carbonyl (C=O) groups excluding carboxylic acids is 2. The Morgan fingerprint density at radius 2 is 1.93 bits per heavy atom. The summed E-state index contributed by atoms with van der Waals surface area (Å²) in [6.07, 6.45) is 0. The van der Waals surface area contributed by atoms with Gasteiger partial charge in [-0.3, -0.25) is 19.7 Å². The normalized spacial score (nSPS) is 10.1. The maximum absolute atomic E-state index is 12.1. The highest BCUT2D eigenvalue weighted by atomic mass is 16.6. The van der Waals surface area contributed by atoms with Gasteiger partial charge in [0.25, 0.3) is 5.91 Å². The molecule has 0 bridgehead atoms. The summed E-state index contributed by atoms with van der Waals surface area (Å²) in [4.78, 5) is 34.1. The van der Waals surface area contributed by atoms with Crippen molar-refractivity contribution in [1.82, 2.24) is 5.32 Å². The topological polar surface area (TPSA) is 117 Å². The molecule has 9 nitrogen and oxygen atoms in total. The van der Waals surface area contributed by atoms with E-state index in [0.717, 1.165) is 11.6 Å². The van der Waals surface area contributed by atoms with Crippen LogP contribution in [0.1, 0.15) is 15.9 Å². The van der Waals surface area contributed by atoms with Crippen molar-refractivity contribution in [3.05, 3.63) is 63.7 Å². The van der Waals surface area contributed by atoms with Crippen molar-refractivity contribution < 1.29 is 28.7 Å². The van der Waals surface area contributed by atoms with Crippen molar-refractivity contribution in [2.45, 2.75) is 6.92 Å². The molecule has 1 N–H and O–H groups in total. The van der Waals surface area contributed by atoms with E-state index in [4.69, 9.17) is 14.2 Å². The second-order valence-corrected chi connectivity index (χ2v) is 5.71. The van der Waals surface area contributed by atoms with Crippen LogP contribution in [-0.4, -0.2) is 43.7 Å². The van der Waals surface area contributed by atoms with Gasteiger partial charge in [0.2, 0.25) is 0 Å². The van der Waals surface area contributed by atoms with Crippen LogP contribution in [0.5, 0.6) is 11.5 Å². The lowest BCUT2D eigenvalue weighted by atomic mass is 10.1. The molecule has 0 aromatic heterocycles. The molecule has 0 heterocycles. The number of methoxy groups -OCH3 is 1. The first-order chi connectivity index (χ1) is 13.4. The maximum atomic E-state index is 12.1. The zero-order chi connectivity index (χ0) is 20.5. The van der Waals surface area contributed by atoms with Gasteiger partial charge in [0.1, 0.15) is 25.5 Å². The summed E-state index contributed by atoms with van der Waals surface area (Å²) < 4.78 is 15.3. The molecule has 0 fully saturated rings. The number of hydrogen-bond donors (Lipinski definition) is 1. The fourth-order valence-corrected chi connectivity index (χ4v) is 2.30. The summed E-state index contributed by atoms with van der Waals surface area (Å²) in [6.45, 7) is 1.76. The molecule has 2 aromatic carbocycles. The predicted molar refractivity (Wildman–Crippen MR) is 99.6 cm³/mol. The Balaban J connectivity index is 1.77. The van der Waals surface area contributed by atoms with Gasteiger partial charge >= 0.3 is 11.7 Å². The number of carbonyl (C=O) groups is 2. The smallest absolute Gasteiger partial charge is 0.325 e. The molecule has 0 atom stereocenters. The minimum Gasteiger partial charge on any atom is -0.490 e. The third-order valence-corrected chi connectivity index (χ3v) is 3.64. The standard InChI is InChI=1S/C19H20N2O7/c1-13-4-3-5-15(10-13)27-8-9-28-18(22)12-20-19(23)14-6-7-17(26-2)16(11-14)21(24)25/h3-7,10-11H,8-9,12H2,1-2H3,(H,20,23). The van der Waals surface area contributed by atoms with Crippen molar-refractivity contribution in [3.8, 4) is 11.5 Å². The van der Waals surface area contributed by atoms with E-state index < -0.39 is 16.8 Å². The summed E-state index contributed by atoms with van der Waals surface area (Å²) >= 11 is 0.